The molecule has 1 aromatic rings. The minimum atomic E-state index is -3.52. The van der Waals surface area contributed by atoms with Crippen LogP contribution >= 0.6 is 11.6 Å². The fraction of sp³-hybridized carbons (Fsp3) is 0.643. The van der Waals surface area contributed by atoms with Crippen molar-refractivity contribution in [2.24, 2.45) is 5.41 Å². The summed E-state index contributed by atoms with van der Waals surface area (Å²) < 4.78 is 26.7. The first-order valence-corrected chi connectivity index (χ1v) is 8.88. The van der Waals surface area contributed by atoms with Gasteiger partial charge in [-0.3, -0.25) is 0 Å². The molecule has 0 aromatic carbocycles. The predicted octanol–water partition coefficient (Wildman–Crippen LogP) is 3.33. The summed E-state index contributed by atoms with van der Waals surface area (Å²) >= 11 is 5.92. The van der Waals surface area contributed by atoms with Crippen molar-refractivity contribution < 1.29 is 8.42 Å². The molecule has 112 valence electrons. The molecule has 0 aliphatic carbocycles. The standard InChI is InChI=1S/C14H21ClN2O2S/c1-3-14(4-2)7-10-17(11-8-14)20(18,19)12-6-5-9-16-13(12)15/h5-6,9H,3-4,7-8,10-11H2,1-2H3. The molecule has 0 atom stereocenters. The molecule has 0 bridgehead atoms. The quantitative estimate of drug-likeness (QED) is 0.801. The maximum Gasteiger partial charge on any atom is 0.246 e. The normalized spacial score (nSPS) is 19.9. The zero-order valence-corrected chi connectivity index (χ0v) is 13.5. The minimum absolute atomic E-state index is 0.0512. The largest absolute Gasteiger partial charge is 0.246 e. The summed E-state index contributed by atoms with van der Waals surface area (Å²) in [6, 6.07) is 3.12. The number of hydrogen-bond donors (Lipinski definition) is 0. The van der Waals surface area contributed by atoms with Gasteiger partial charge in [0.05, 0.1) is 0 Å². The Kier molecular flexibility index (Phi) is 4.72. The van der Waals surface area contributed by atoms with Crippen LogP contribution in [0.4, 0.5) is 0 Å². The maximum atomic E-state index is 12.6. The van der Waals surface area contributed by atoms with E-state index in [1.165, 1.54) is 12.3 Å². The van der Waals surface area contributed by atoms with Crippen LogP contribution in [0, 0.1) is 5.41 Å². The van der Waals surface area contributed by atoms with Crippen molar-refractivity contribution in [2.75, 3.05) is 13.1 Å². The van der Waals surface area contributed by atoms with E-state index in [0.717, 1.165) is 25.7 Å². The van der Waals surface area contributed by atoms with Crippen molar-refractivity contribution in [1.29, 1.82) is 0 Å². The first-order chi connectivity index (χ1) is 9.45. The van der Waals surface area contributed by atoms with Crippen LogP contribution in [0.3, 0.4) is 0 Å². The summed E-state index contributed by atoms with van der Waals surface area (Å²) in [6.45, 7) is 5.50. The Hall–Kier alpha value is -0.650. The summed E-state index contributed by atoms with van der Waals surface area (Å²) in [5.74, 6) is 0. The Morgan fingerprint density at radius 2 is 1.90 bits per heavy atom. The van der Waals surface area contributed by atoms with E-state index in [1.54, 1.807) is 10.4 Å². The van der Waals surface area contributed by atoms with Crippen molar-refractivity contribution in [3.63, 3.8) is 0 Å². The van der Waals surface area contributed by atoms with Gasteiger partial charge in [0.25, 0.3) is 0 Å². The lowest BCUT2D eigenvalue weighted by atomic mass is 9.75. The van der Waals surface area contributed by atoms with Crippen molar-refractivity contribution in [1.82, 2.24) is 9.29 Å². The van der Waals surface area contributed by atoms with Gasteiger partial charge in [-0.05, 0) is 30.4 Å². The van der Waals surface area contributed by atoms with E-state index < -0.39 is 10.0 Å². The van der Waals surface area contributed by atoms with Crippen LogP contribution in [0.5, 0.6) is 0 Å². The molecule has 2 rings (SSSR count). The van der Waals surface area contributed by atoms with Gasteiger partial charge in [-0.2, -0.15) is 4.31 Å². The van der Waals surface area contributed by atoms with E-state index in [4.69, 9.17) is 11.6 Å². The summed E-state index contributed by atoms with van der Waals surface area (Å²) in [7, 11) is -3.52. The molecule has 1 saturated heterocycles. The fourth-order valence-corrected chi connectivity index (χ4v) is 4.73. The number of aromatic nitrogens is 1. The van der Waals surface area contributed by atoms with E-state index >= 15 is 0 Å². The second-order valence-electron chi connectivity index (χ2n) is 5.40. The zero-order chi connectivity index (χ0) is 14.8. The number of piperidine rings is 1. The molecule has 1 aromatic heterocycles. The highest BCUT2D eigenvalue weighted by molar-refractivity contribution is 7.89. The van der Waals surface area contributed by atoms with Crippen LogP contribution in [-0.2, 0) is 10.0 Å². The second kappa shape index (κ2) is 6.00. The van der Waals surface area contributed by atoms with Crippen molar-refractivity contribution in [3.8, 4) is 0 Å². The van der Waals surface area contributed by atoms with E-state index in [1.807, 2.05) is 0 Å². The average Bonchev–Trinajstić information content (AvgIpc) is 2.47. The van der Waals surface area contributed by atoms with Gasteiger partial charge >= 0.3 is 0 Å². The van der Waals surface area contributed by atoms with Gasteiger partial charge in [0.1, 0.15) is 10.0 Å². The lowest BCUT2D eigenvalue weighted by Gasteiger charge is -2.40. The monoisotopic (exact) mass is 316 g/mol. The molecule has 1 fully saturated rings. The highest BCUT2D eigenvalue weighted by Crippen LogP contribution is 2.39. The molecular formula is C14H21ClN2O2S. The molecule has 0 spiro atoms. The molecule has 6 heteroatoms. The summed E-state index contributed by atoms with van der Waals surface area (Å²) in [5.41, 5.74) is 0.296. The van der Waals surface area contributed by atoms with Crippen LogP contribution in [0.1, 0.15) is 39.5 Å². The van der Waals surface area contributed by atoms with E-state index in [0.29, 0.717) is 18.5 Å². The number of sulfonamides is 1. The van der Waals surface area contributed by atoms with Crippen molar-refractivity contribution >= 4 is 21.6 Å². The smallest absolute Gasteiger partial charge is 0.243 e. The summed E-state index contributed by atoms with van der Waals surface area (Å²) in [6.07, 6.45) is 5.53. The van der Waals surface area contributed by atoms with Gasteiger partial charge in [-0.1, -0.05) is 38.3 Å². The third kappa shape index (κ3) is 2.85. The molecule has 0 radical (unpaired) electrons. The molecular weight excluding hydrogens is 296 g/mol. The van der Waals surface area contributed by atoms with Gasteiger partial charge in [-0.15, -0.1) is 0 Å². The predicted molar refractivity (Wildman–Crippen MR) is 80.3 cm³/mol. The molecule has 4 nitrogen and oxygen atoms in total. The highest BCUT2D eigenvalue weighted by atomic mass is 35.5. The SMILES string of the molecule is CCC1(CC)CCN(S(=O)(=O)c2cccnc2Cl)CC1. The van der Waals surface area contributed by atoms with Gasteiger partial charge < -0.3 is 0 Å². The van der Waals surface area contributed by atoms with Crippen molar-refractivity contribution in [2.45, 2.75) is 44.4 Å². The Bertz CT molecular complexity index is 560. The molecule has 0 amide bonds. The first kappa shape index (κ1) is 15.7. The number of halogens is 1. The molecule has 0 saturated carbocycles. The molecule has 20 heavy (non-hydrogen) atoms. The second-order valence-corrected chi connectivity index (χ2v) is 7.67. The zero-order valence-electron chi connectivity index (χ0n) is 12.0. The van der Waals surface area contributed by atoms with Crippen molar-refractivity contribution in [3.05, 3.63) is 23.5 Å². The van der Waals surface area contributed by atoms with Gasteiger partial charge in [0.15, 0.2) is 0 Å². The van der Waals surface area contributed by atoms with Crippen LogP contribution in [0.2, 0.25) is 5.15 Å². The van der Waals surface area contributed by atoms with Crippen LogP contribution in [-0.4, -0.2) is 30.8 Å². The Balaban J connectivity index is 2.20. The van der Waals surface area contributed by atoms with Crippen LogP contribution in [0.25, 0.3) is 0 Å². The molecule has 1 aliphatic heterocycles. The number of nitrogens with zero attached hydrogens (tertiary/aromatic N) is 2. The van der Waals surface area contributed by atoms with E-state index in [-0.39, 0.29) is 10.0 Å². The van der Waals surface area contributed by atoms with E-state index in [9.17, 15) is 8.42 Å². The average molecular weight is 317 g/mol. The molecule has 2 heterocycles. The van der Waals surface area contributed by atoms with Crippen LogP contribution in [0.15, 0.2) is 23.2 Å². The van der Waals surface area contributed by atoms with E-state index in [2.05, 4.69) is 18.8 Å². The van der Waals surface area contributed by atoms with Gasteiger partial charge in [0.2, 0.25) is 10.0 Å². The topological polar surface area (TPSA) is 50.3 Å². The maximum absolute atomic E-state index is 12.6. The first-order valence-electron chi connectivity index (χ1n) is 7.06. The number of rotatable bonds is 4. The summed E-state index contributed by atoms with van der Waals surface area (Å²) in [4.78, 5) is 3.97. The minimum Gasteiger partial charge on any atom is -0.243 e. The Morgan fingerprint density at radius 1 is 1.30 bits per heavy atom. The lowest BCUT2D eigenvalue weighted by Crippen LogP contribution is -2.42. The lowest BCUT2D eigenvalue weighted by molar-refractivity contribution is 0.141. The third-order valence-electron chi connectivity index (χ3n) is 4.63. The Labute approximate surface area is 126 Å². The number of pyridine rings is 1. The van der Waals surface area contributed by atoms with Gasteiger partial charge in [-0.25, -0.2) is 13.4 Å². The Morgan fingerprint density at radius 3 is 2.40 bits per heavy atom. The number of hydrogen-bond acceptors (Lipinski definition) is 3. The fourth-order valence-electron chi connectivity index (χ4n) is 2.86. The highest BCUT2D eigenvalue weighted by Gasteiger charge is 2.36. The molecule has 1 aliphatic rings. The summed E-state index contributed by atoms with van der Waals surface area (Å²) in [5, 5.41) is 0.0512. The third-order valence-corrected chi connectivity index (χ3v) is 6.97. The van der Waals surface area contributed by atoms with Gasteiger partial charge in [0, 0.05) is 19.3 Å². The molecule has 0 N–H and O–H groups in total. The molecule has 0 unspecified atom stereocenters. The van der Waals surface area contributed by atoms with Crippen LogP contribution < -0.4 is 0 Å².